The van der Waals surface area contributed by atoms with Crippen LogP contribution in [0.1, 0.15) is 44.6 Å². The standard InChI is InChI=1S/C33H51N9O12/c1-17(46)26-33(54)41-24(16-45)31(52)38-20(10-11-25(47)36-12-6-5-9-19(30(51)42-26)37-22(14-43)28(35)49)29(50)40-23(15-44)32(53)39-21(27(34)48)13-18-7-3-2-4-8-18/h2-4,7-8,17,19-24,26,37,43-46H,5-6,9-16H2,1H3,(H2,34,48)(H2,35,49)(H,36,47)(H,38,52)(H,39,53)(H,40,50)(H,41,54)(H,42,51)/t17-,19?,20?,21+,22+,23+,24+,26+/m1/s1. The quantitative estimate of drug-likeness (QED) is 0.0839. The van der Waals surface area contributed by atoms with Crippen molar-refractivity contribution in [2.24, 2.45) is 11.5 Å². The van der Waals surface area contributed by atoms with E-state index in [-0.39, 0.29) is 38.6 Å². The summed E-state index contributed by atoms with van der Waals surface area (Å²) in [6, 6.07) is -1.87. The first-order chi connectivity index (χ1) is 25.6. The van der Waals surface area contributed by atoms with Gasteiger partial charge in [-0.3, -0.25) is 43.7 Å². The van der Waals surface area contributed by atoms with E-state index in [2.05, 4.69) is 37.2 Å². The number of nitrogens with one attached hydrogen (secondary N) is 7. The monoisotopic (exact) mass is 765 g/mol. The molecule has 1 heterocycles. The van der Waals surface area contributed by atoms with Gasteiger partial charge >= 0.3 is 0 Å². The van der Waals surface area contributed by atoms with Crippen molar-refractivity contribution in [1.29, 1.82) is 0 Å². The average molecular weight is 766 g/mol. The number of carbonyl (C=O) groups is 8. The molecule has 15 N–H and O–H groups in total. The van der Waals surface area contributed by atoms with E-state index in [0.29, 0.717) is 12.0 Å². The van der Waals surface area contributed by atoms with Crippen molar-refractivity contribution in [1.82, 2.24) is 37.2 Å². The van der Waals surface area contributed by atoms with Crippen LogP contribution in [0, 0.1) is 0 Å². The van der Waals surface area contributed by atoms with Crippen molar-refractivity contribution in [3.8, 4) is 0 Å². The molecule has 1 aliphatic heterocycles. The van der Waals surface area contributed by atoms with Crippen LogP contribution in [-0.2, 0) is 44.8 Å². The Balaban J connectivity index is 2.29. The molecule has 1 aromatic rings. The van der Waals surface area contributed by atoms with Crippen molar-refractivity contribution >= 4 is 47.3 Å². The third-order valence-electron chi connectivity index (χ3n) is 8.42. The lowest BCUT2D eigenvalue weighted by Crippen LogP contribution is -2.62. The van der Waals surface area contributed by atoms with E-state index in [1.165, 1.54) is 0 Å². The number of benzene rings is 1. The summed E-state index contributed by atoms with van der Waals surface area (Å²) in [7, 11) is 0. The van der Waals surface area contributed by atoms with Crippen LogP contribution in [0.15, 0.2) is 30.3 Å². The third kappa shape index (κ3) is 14.7. The molecule has 0 spiro atoms. The fraction of sp³-hybridized carbons (Fsp3) is 0.576. The van der Waals surface area contributed by atoms with Gasteiger partial charge in [0.15, 0.2) is 0 Å². The Morgan fingerprint density at radius 3 is 2.04 bits per heavy atom. The van der Waals surface area contributed by atoms with Crippen LogP contribution in [0.4, 0.5) is 0 Å². The highest BCUT2D eigenvalue weighted by molar-refractivity contribution is 5.97. The van der Waals surface area contributed by atoms with E-state index in [0.717, 1.165) is 6.92 Å². The van der Waals surface area contributed by atoms with Crippen molar-refractivity contribution in [3.63, 3.8) is 0 Å². The summed E-state index contributed by atoms with van der Waals surface area (Å²) < 4.78 is 0. The Hall–Kier alpha value is -5.22. The van der Waals surface area contributed by atoms with E-state index < -0.39 is 115 Å². The van der Waals surface area contributed by atoms with Crippen molar-refractivity contribution < 1.29 is 58.8 Å². The molecular formula is C33H51N9O12. The van der Waals surface area contributed by atoms with Crippen molar-refractivity contribution in [2.75, 3.05) is 26.4 Å². The molecular weight excluding hydrogens is 714 g/mol. The topological polar surface area (TPSA) is 354 Å². The van der Waals surface area contributed by atoms with Gasteiger partial charge in [-0.15, -0.1) is 0 Å². The first-order valence-corrected chi connectivity index (χ1v) is 17.3. The van der Waals surface area contributed by atoms with Crippen molar-refractivity contribution in [2.45, 2.75) is 93.8 Å². The number of carbonyl (C=O) groups excluding carboxylic acids is 8. The van der Waals surface area contributed by atoms with Gasteiger partial charge in [-0.05, 0) is 38.2 Å². The summed E-state index contributed by atoms with van der Waals surface area (Å²) in [4.78, 5) is 103. The lowest BCUT2D eigenvalue weighted by molar-refractivity contribution is -0.137. The average Bonchev–Trinajstić information content (AvgIpc) is 3.13. The van der Waals surface area contributed by atoms with Gasteiger partial charge in [0.1, 0.15) is 36.3 Å². The fourth-order valence-corrected chi connectivity index (χ4v) is 5.29. The zero-order valence-corrected chi connectivity index (χ0v) is 29.8. The third-order valence-corrected chi connectivity index (χ3v) is 8.42. The van der Waals surface area contributed by atoms with Gasteiger partial charge in [0, 0.05) is 19.4 Å². The number of hydrogen-bond acceptors (Lipinski definition) is 13. The van der Waals surface area contributed by atoms with E-state index >= 15 is 0 Å². The van der Waals surface area contributed by atoms with Gasteiger partial charge in [0.05, 0.1) is 32.0 Å². The predicted molar refractivity (Wildman–Crippen MR) is 188 cm³/mol. The van der Waals surface area contributed by atoms with Crippen LogP contribution in [0.2, 0.25) is 0 Å². The van der Waals surface area contributed by atoms with Crippen LogP contribution in [0.3, 0.4) is 0 Å². The molecule has 0 aromatic heterocycles. The highest BCUT2D eigenvalue weighted by atomic mass is 16.3. The molecule has 0 bridgehead atoms. The Morgan fingerprint density at radius 2 is 1.46 bits per heavy atom. The Kier molecular flexibility index (Phi) is 18.9. The molecule has 21 nitrogen and oxygen atoms in total. The molecule has 0 saturated carbocycles. The molecule has 21 heteroatoms. The maximum absolute atomic E-state index is 13.4. The largest absolute Gasteiger partial charge is 0.394 e. The van der Waals surface area contributed by atoms with Gasteiger partial charge in [-0.25, -0.2) is 0 Å². The molecule has 8 amide bonds. The minimum absolute atomic E-state index is 0.00656. The molecule has 300 valence electrons. The molecule has 2 rings (SSSR count). The van der Waals surface area contributed by atoms with E-state index in [1.807, 2.05) is 0 Å². The maximum atomic E-state index is 13.4. The van der Waals surface area contributed by atoms with Crippen LogP contribution in [-0.4, -0.2) is 142 Å². The first kappa shape index (κ1) is 44.9. The Labute approximate surface area is 310 Å². The van der Waals surface area contributed by atoms with Gasteiger partial charge in [0.2, 0.25) is 47.3 Å². The van der Waals surface area contributed by atoms with Crippen LogP contribution < -0.4 is 48.7 Å². The second kappa shape index (κ2) is 22.8. The summed E-state index contributed by atoms with van der Waals surface area (Å²) in [6.07, 6.45) is -1.65. The van der Waals surface area contributed by atoms with Crippen LogP contribution >= 0.6 is 0 Å². The number of hydrogen-bond donors (Lipinski definition) is 13. The molecule has 0 radical (unpaired) electrons. The van der Waals surface area contributed by atoms with E-state index in [4.69, 9.17) is 11.5 Å². The second-order valence-electron chi connectivity index (χ2n) is 12.7. The molecule has 54 heavy (non-hydrogen) atoms. The lowest BCUT2D eigenvalue weighted by Gasteiger charge is -2.28. The summed E-state index contributed by atoms with van der Waals surface area (Å²) in [5.74, 6) is -7.59. The SMILES string of the molecule is C[C@@H](O)[C@@H]1NC(=O)C(N[C@@H](CO)C(N)=O)CCCCNC(=O)CCC(C(=O)N[C@@H](CO)C(=O)N[C@@H](Cc2ccccc2)C(N)=O)NC(=O)[C@H](CO)NC1=O. The number of aliphatic hydroxyl groups is 4. The fourth-order valence-electron chi connectivity index (χ4n) is 5.29. The number of rotatable bonds is 14. The minimum atomic E-state index is -1.77. The zero-order valence-electron chi connectivity index (χ0n) is 29.8. The Bertz CT molecular complexity index is 1470. The Morgan fingerprint density at radius 1 is 0.815 bits per heavy atom. The van der Waals surface area contributed by atoms with Crippen molar-refractivity contribution in [3.05, 3.63) is 35.9 Å². The van der Waals surface area contributed by atoms with Crippen LogP contribution in [0.25, 0.3) is 0 Å². The van der Waals surface area contributed by atoms with Gasteiger partial charge in [-0.1, -0.05) is 30.3 Å². The smallest absolute Gasteiger partial charge is 0.245 e. The van der Waals surface area contributed by atoms with Gasteiger partial charge in [0.25, 0.3) is 0 Å². The molecule has 0 aliphatic carbocycles. The normalized spacial score (nSPS) is 23.0. The second-order valence-corrected chi connectivity index (χ2v) is 12.7. The molecule has 2 unspecified atom stereocenters. The minimum Gasteiger partial charge on any atom is -0.394 e. The molecule has 1 aromatic carbocycles. The van der Waals surface area contributed by atoms with Crippen LogP contribution in [0.5, 0.6) is 0 Å². The maximum Gasteiger partial charge on any atom is 0.245 e. The summed E-state index contributed by atoms with van der Waals surface area (Å²) in [5.41, 5.74) is 11.4. The number of amides is 8. The first-order valence-electron chi connectivity index (χ1n) is 17.3. The molecule has 1 aliphatic rings. The highest BCUT2D eigenvalue weighted by Crippen LogP contribution is 2.08. The van der Waals surface area contributed by atoms with E-state index in [9.17, 15) is 58.8 Å². The van der Waals surface area contributed by atoms with Gasteiger partial charge < -0.3 is 63.8 Å². The number of nitrogens with two attached hydrogens (primary N) is 2. The number of primary amides is 2. The van der Waals surface area contributed by atoms with Gasteiger partial charge in [-0.2, -0.15) is 0 Å². The number of aliphatic hydroxyl groups excluding tert-OH is 4. The molecule has 8 atom stereocenters. The van der Waals surface area contributed by atoms with E-state index in [1.54, 1.807) is 30.3 Å². The highest BCUT2D eigenvalue weighted by Gasteiger charge is 2.35. The summed E-state index contributed by atoms with van der Waals surface area (Å²) in [5, 5.41) is 56.5. The lowest BCUT2D eigenvalue weighted by atomic mass is 10.0. The summed E-state index contributed by atoms with van der Waals surface area (Å²) >= 11 is 0. The predicted octanol–water partition coefficient (Wildman–Crippen LogP) is -6.61. The molecule has 1 fully saturated rings. The summed E-state index contributed by atoms with van der Waals surface area (Å²) in [6.45, 7) is -1.48. The zero-order chi connectivity index (χ0) is 40.4. The molecule has 1 saturated heterocycles.